The molecule has 0 bridgehead atoms. The van der Waals surface area contributed by atoms with Gasteiger partial charge in [-0.05, 0) is 17.7 Å². The Bertz CT molecular complexity index is 870. The third kappa shape index (κ3) is 4.35. The summed E-state index contributed by atoms with van der Waals surface area (Å²) in [6.07, 6.45) is 2.71. The van der Waals surface area contributed by atoms with Crippen LogP contribution in [0.5, 0.6) is 0 Å². The van der Waals surface area contributed by atoms with Crippen LogP contribution in [-0.2, 0) is 6.54 Å². The van der Waals surface area contributed by atoms with E-state index in [4.69, 9.17) is 0 Å². The average molecular weight is 340 g/mol. The number of anilines is 2. The van der Waals surface area contributed by atoms with Crippen LogP contribution >= 0.6 is 0 Å². The largest absolute Gasteiger partial charge is 0.350 e. The topological polar surface area (TPSA) is 66.9 Å². The maximum absolute atomic E-state index is 13.2. The van der Waals surface area contributed by atoms with E-state index in [-0.39, 0.29) is 11.3 Å². The van der Waals surface area contributed by atoms with Gasteiger partial charge in [0.05, 0.1) is 5.56 Å². The van der Waals surface area contributed by atoms with Gasteiger partial charge < -0.3 is 10.6 Å². The molecule has 0 spiro atoms. The van der Waals surface area contributed by atoms with E-state index in [1.807, 2.05) is 30.3 Å². The zero-order chi connectivity index (χ0) is 17.6. The van der Waals surface area contributed by atoms with Crippen LogP contribution in [0, 0.1) is 11.6 Å². The van der Waals surface area contributed by atoms with Gasteiger partial charge in [-0.15, -0.1) is 0 Å². The predicted molar refractivity (Wildman–Crippen MR) is 90.1 cm³/mol. The monoisotopic (exact) mass is 340 g/mol. The van der Waals surface area contributed by atoms with E-state index in [2.05, 4.69) is 20.6 Å². The SMILES string of the molecule is O=C(Nc1ccc(F)c(F)c1)c1cnc(NCc2ccccc2)nc1. The number of amides is 1. The van der Waals surface area contributed by atoms with Crippen molar-refractivity contribution >= 4 is 17.5 Å². The Kier molecular flexibility index (Phi) is 4.94. The van der Waals surface area contributed by atoms with Crippen LogP contribution in [0.4, 0.5) is 20.4 Å². The molecule has 0 saturated carbocycles. The Morgan fingerprint density at radius 2 is 1.68 bits per heavy atom. The standard InChI is InChI=1S/C18H14F2N4O/c19-15-7-6-14(8-16(15)20)24-17(25)13-10-22-18(23-11-13)21-9-12-4-2-1-3-5-12/h1-8,10-11H,9H2,(H,24,25)(H,21,22,23). The smallest absolute Gasteiger partial charge is 0.258 e. The van der Waals surface area contributed by atoms with Gasteiger partial charge in [0.1, 0.15) is 0 Å². The van der Waals surface area contributed by atoms with Crippen molar-refractivity contribution in [2.75, 3.05) is 10.6 Å². The van der Waals surface area contributed by atoms with Gasteiger partial charge in [-0.1, -0.05) is 30.3 Å². The maximum Gasteiger partial charge on any atom is 0.258 e. The summed E-state index contributed by atoms with van der Waals surface area (Å²) in [6.45, 7) is 0.557. The molecular formula is C18H14F2N4O. The highest BCUT2D eigenvalue weighted by Gasteiger charge is 2.09. The maximum atomic E-state index is 13.2. The minimum atomic E-state index is -1.03. The van der Waals surface area contributed by atoms with Crippen molar-refractivity contribution in [1.29, 1.82) is 0 Å². The zero-order valence-corrected chi connectivity index (χ0v) is 13.0. The Morgan fingerprint density at radius 1 is 0.960 bits per heavy atom. The second kappa shape index (κ2) is 7.48. The quantitative estimate of drug-likeness (QED) is 0.744. The number of hydrogen-bond donors (Lipinski definition) is 2. The number of nitrogens with one attached hydrogen (secondary N) is 2. The molecule has 0 aliphatic carbocycles. The van der Waals surface area contributed by atoms with Gasteiger partial charge in [-0.25, -0.2) is 18.7 Å². The molecule has 0 radical (unpaired) electrons. The van der Waals surface area contributed by atoms with Gasteiger partial charge in [0.2, 0.25) is 5.95 Å². The van der Waals surface area contributed by atoms with Crippen LogP contribution in [-0.4, -0.2) is 15.9 Å². The molecule has 2 aromatic carbocycles. The van der Waals surface area contributed by atoms with Crippen molar-refractivity contribution in [3.63, 3.8) is 0 Å². The summed E-state index contributed by atoms with van der Waals surface area (Å²) in [4.78, 5) is 20.2. The lowest BCUT2D eigenvalue weighted by Crippen LogP contribution is -2.13. The second-order valence-electron chi connectivity index (χ2n) is 5.22. The zero-order valence-electron chi connectivity index (χ0n) is 13.0. The van der Waals surface area contributed by atoms with Crippen LogP contribution in [0.15, 0.2) is 60.9 Å². The van der Waals surface area contributed by atoms with Gasteiger partial charge in [0.25, 0.3) is 5.91 Å². The minimum Gasteiger partial charge on any atom is -0.350 e. The van der Waals surface area contributed by atoms with E-state index in [0.29, 0.717) is 12.5 Å². The van der Waals surface area contributed by atoms with Gasteiger partial charge in [-0.3, -0.25) is 4.79 Å². The van der Waals surface area contributed by atoms with Crippen molar-refractivity contribution in [2.24, 2.45) is 0 Å². The molecule has 3 rings (SSSR count). The van der Waals surface area contributed by atoms with Crippen LogP contribution in [0.2, 0.25) is 0 Å². The first-order chi connectivity index (χ1) is 12.1. The highest BCUT2D eigenvalue weighted by molar-refractivity contribution is 6.03. The number of nitrogens with zero attached hydrogens (tertiary/aromatic N) is 2. The number of benzene rings is 2. The van der Waals surface area contributed by atoms with Crippen LogP contribution in [0.1, 0.15) is 15.9 Å². The normalized spacial score (nSPS) is 10.3. The fourth-order valence-electron chi connectivity index (χ4n) is 2.09. The minimum absolute atomic E-state index is 0.148. The van der Waals surface area contributed by atoms with Crippen LogP contribution in [0.25, 0.3) is 0 Å². The lowest BCUT2D eigenvalue weighted by Gasteiger charge is -2.07. The first-order valence-corrected chi connectivity index (χ1v) is 7.48. The van der Waals surface area contributed by atoms with Crippen LogP contribution in [0.3, 0.4) is 0 Å². The van der Waals surface area contributed by atoms with Crippen molar-refractivity contribution in [2.45, 2.75) is 6.54 Å². The van der Waals surface area contributed by atoms with Gasteiger partial charge in [0.15, 0.2) is 11.6 Å². The van der Waals surface area contributed by atoms with Crippen molar-refractivity contribution < 1.29 is 13.6 Å². The number of carbonyl (C=O) groups excluding carboxylic acids is 1. The summed E-state index contributed by atoms with van der Waals surface area (Å²) >= 11 is 0. The highest BCUT2D eigenvalue weighted by Crippen LogP contribution is 2.14. The average Bonchev–Trinajstić information content (AvgIpc) is 2.64. The number of rotatable bonds is 5. The van der Waals surface area contributed by atoms with E-state index in [0.717, 1.165) is 17.7 Å². The van der Waals surface area contributed by atoms with E-state index in [1.54, 1.807) is 0 Å². The molecule has 0 saturated heterocycles. The first-order valence-electron chi connectivity index (χ1n) is 7.48. The van der Waals surface area contributed by atoms with Crippen molar-refractivity contribution in [1.82, 2.24) is 9.97 Å². The molecule has 1 amide bonds. The summed E-state index contributed by atoms with van der Waals surface area (Å²) < 4.78 is 26.0. The van der Waals surface area contributed by atoms with E-state index >= 15 is 0 Å². The van der Waals surface area contributed by atoms with Crippen molar-refractivity contribution in [3.8, 4) is 0 Å². The molecule has 1 aromatic heterocycles. The second-order valence-corrected chi connectivity index (χ2v) is 5.22. The first kappa shape index (κ1) is 16.5. The molecule has 0 fully saturated rings. The fourth-order valence-corrected chi connectivity index (χ4v) is 2.09. The molecule has 1 heterocycles. The van der Waals surface area contributed by atoms with E-state index in [1.165, 1.54) is 18.5 Å². The summed E-state index contributed by atoms with van der Waals surface area (Å²) in [6, 6.07) is 12.9. The number of halogens is 2. The molecule has 25 heavy (non-hydrogen) atoms. The molecule has 2 N–H and O–H groups in total. The summed E-state index contributed by atoms with van der Waals surface area (Å²) in [7, 11) is 0. The lowest BCUT2D eigenvalue weighted by molar-refractivity contribution is 0.102. The molecular weight excluding hydrogens is 326 g/mol. The molecule has 0 unspecified atom stereocenters. The molecule has 126 valence electrons. The Balaban J connectivity index is 1.61. The molecule has 5 nitrogen and oxygen atoms in total. The summed E-state index contributed by atoms with van der Waals surface area (Å²) in [5.74, 6) is -2.14. The fraction of sp³-hybridized carbons (Fsp3) is 0.0556. The van der Waals surface area contributed by atoms with Gasteiger partial charge >= 0.3 is 0 Å². The van der Waals surface area contributed by atoms with Gasteiger partial charge in [0, 0.05) is 30.7 Å². The predicted octanol–water partition coefficient (Wildman–Crippen LogP) is 3.62. The van der Waals surface area contributed by atoms with Crippen molar-refractivity contribution in [3.05, 3.63) is 83.7 Å². The van der Waals surface area contributed by atoms with E-state index in [9.17, 15) is 13.6 Å². The number of carbonyl (C=O) groups is 1. The molecule has 7 heteroatoms. The number of hydrogen-bond acceptors (Lipinski definition) is 4. The molecule has 3 aromatic rings. The van der Waals surface area contributed by atoms with Crippen LogP contribution < -0.4 is 10.6 Å². The van der Waals surface area contributed by atoms with Gasteiger partial charge in [-0.2, -0.15) is 0 Å². The Morgan fingerprint density at radius 3 is 2.36 bits per heavy atom. The molecule has 0 aliphatic heterocycles. The third-order valence-electron chi connectivity index (χ3n) is 3.38. The molecule has 0 aliphatic rings. The lowest BCUT2D eigenvalue weighted by atomic mass is 10.2. The Labute approximate surface area is 142 Å². The third-order valence-corrected chi connectivity index (χ3v) is 3.38. The summed E-state index contributed by atoms with van der Waals surface area (Å²) in [5, 5.41) is 5.50. The van der Waals surface area contributed by atoms with E-state index < -0.39 is 17.5 Å². The molecule has 0 atom stereocenters. The number of aromatic nitrogens is 2. The highest BCUT2D eigenvalue weighted by atomic mass is 19.2. The summed E-state index contributed by atoms with van der Waals surface area (Å²) in [5.41, 5.74) is 1.43. The Hall–Kier alpha value is -3.35.